The zero-order valence-electron chi connectivity index (χ0n) is 24.0. The first-order valence-corrected chi connectivity index (χ1v) is 13.5. The van der Waals surface area contributed by atoms with Gasteiger partial charge in [-0.3, -0.25) is 0 Å². The van der Waals surface area contributed by atoms with E-state index in [1.54, 1.807) is 13.8 Å². The van der Waals surface area contributed by atoms with E-state index in [2.05, 4.69) is 31.2 Å². The van der Waals surface area contributed by atoms with Crippen LogP contribution in [0.1, 0.15) is 76.3 Å². The molecule has 1 heterocycles. The molecule has 0 atom stereocenters. The minimum atomic E-state index is -1.07. The number of rotatable bonds is 13. The highest BCUT2D eigenvalue weighted by Crippen LogP contribution is 2.23. The van der Waals surface area contributed by atoms with Gasteiger partial charge < -0.3 is 14.2 Å². The third-order valence-electron chi connectivity index (χ3n) is 5.98. The zero-order chi connectivity index (χ0) is 27.8. The highest BCUT2D eigenvalue weighted by atomic mass is 16.6. The molecule has 38 heavy (non-hydrogen) atoms. The molecule has 3 rings (SSSR count). The van der Waals surface area contributed by atoms with Crippen molar-refractivity contribution < 1.29 is 19.0 Å². The second-order valence-corrected chi connectivity index (χ2v) is 11.1. The van der Waals surface area contributed by atoms with Gasteiger partial charge >= 0.3 is 5.97 Å². The minimum absolute atomic E-state index is 0.385. The van der Waals surface area contributed by atoms with E-state index in [1.165, 1.54) is 16.7 Å². The van der Waals surface area contributed by atoms with Crippen LogP contribution in [0.5, 0.6) is 5.75 Å². The van der Waals surface area contributed by atoms with Gasteiger partial charge in [-0.1, -0.05) is 42.0 Å². The number of carbonyl (C=O) groups excluding carboxylic acids is 1. The molecule has 3 aromatic rings. The van der Waals surface area contributed by atoms with Crippen LogP contribution < -0.4 is 4.74 Å². The van der Waals surface area contributed by atoms with E-state index in [0.717, 1.165) is 37.3 Å². The van der Waals surface area contributed by atoms with E-state index in [-0.39, 0.29) is 5.97 Å². The van der Waals surface area contributed by atoms with Crippen molar-refractivity contribution >= 4 is 5.97 Å². The van der Waals surface area contributed by atoms with Gasteiger partial charge in [0.1, 0.15) is 17.2 Å². The molecule has 0 N–H and O–H groups in total. The predicted octanol–water partition coefficient (Wildman–Crippen LogP) is 5.89. The second kappa shape index (κ2) is 13.1. The molecule has 0 aliphatic carbocycles. The summed E-state index contributed by atoms with van der Waals surface area (Å²) >= 11 is 0. The van der Waals surface area contributed by atoms with Crippen molar-refractivity contribution in [2.24, 2.45) is 0 Å². The Balaban J connectivity index is 1.58. The van der Waals surface area contributed by atoms with Gasteiger partial charge in [0.05, 0.1) is 13.2 Å². The number of hydrogen-bond donors (Lipinski definition) is 0. The van der Waals surface area contributed by atoms with Crippen LogP contribution >= 0.6 is 0 Å². The number of esters is 1. The van der Waals surface area contributed by atoms with Crippen molar-refractivity contribution in [2.75, 3.05) is 13.2 Å². The van der Waals surface area contributed by atoms with Crippen molar-refractivity contribution in [1.82, 2.24) is 14.8 Å². The Hall–Kier alpha value is -3.19. The fourth-order valence-electron chi connectivity index (χ4n) is 3.96. The first-order chi connectivity index (χ1) is 17.9. The predicted molar refractivity (Wildman–Crippen MR) is 150 cm³/mol. The van der Waals surface area contributed by atoms with Gasteiger partial charge in [0.2, 0.25) is 0 Å². The first kappa shape index (κ1) is 29.4. The molecule has 0 unspecified atom stereocenters. The second-order valence-electron chi connectivity index (χ2n) is 11.1. The summed E-state index contributed by atoms with van der Waals surface area (Å²) in [7, 11) is 0. The summed E-state index contributed by atoms with van der Waals surface area (Å²) in [5.41, 5.74) is 2.03. The van der Waals surface area contributed by atoms with Crippen LogP contribution in [-0.2, 0) is 40.1 Å². The Morgan fingerprint density at radius 3 is 2.21 bits per heavy atom. The van der Waals surface area contributed by atoms with E-state index in [0.29, 0.717) is 25.5 Å². The molecule has 0 amide bonds. The standard InChI is InChI=1S/C31H43N3O4/c1-8-36-21-20-34-28(32-27(33-34)22-25-14-12-23(2)13-15-25)11-9-10-24-16-18-26(19-17-24)37-31(6,7)29(35)38-30(3,4)5/h12-19H,8-11,20-22H2,1-7H3. The van der Waals surface area contributed by atoms with Crippen molar-refractivity contribution in [1.29, 1.82) is 0 Å². The molecule has 206 valence electrons. The summed E-state index contributed by atoms with van der Waals surface area (Å²) < 4.78 is 19.0. The summed E-state index contributed by atoms with van der Waals surface area (Å²) in [6.07, 6.45) is 3.40. The van der Waals surface area contributed by atoms with Crippen molar-refractivity contribution in [3.63, 3.8) is 0 Å². The summed E-state index contributed by atoms with van der Waals surface area (Å²) in [6, 6.07) is 16.4. The molecule has 0 aliphatic rings. The topological polar surface area (TPSA) is 75.5 Å². The average Bonchev–Trinajstić information content (AvgIpc) is 3.21. The number of aryl methyl sites for hydroxylation is 3. The van der Waals surface area contributed by atoms with E-state index in [4.69, 9.17) is 24.3 Å². The average molecular weight is 522 g/mol. The maximum absolute atomic E-state index is 12.5. The van der Waals surface area contributed by atoms with Gasteiger partial charge in [-0.05, 0) is 84.6 Å². The fourth-order valence-corrected chi connectivity index (χ4v) is 3.96. The number of ether oxygens (including phenoxy) is 3. The molecule has 1 aromatic heterocycles. The number of aromatic nitrogens is 3. The van der Waals surface area contributed by atoms with E-state index in [1.807, 2.05) is 56.6 Å². The smallest absolute Gasteiger partial charge is 0.350 e. The SMILES string of the molecule is CCOCCn1nc(Cc2ccc(C)cc2)nc1CCCc1ccc(OC(C)(C)C(=O)OC(C)(C)C)cc1. The van der Waals surface area contributed by atoms with Crippen molar-refractivity contribution in [3.05, 3.63) is 76.9 Å². The van der Waals surface area contributed by atoms with Crippen LogP contribution in [0.15, 0.2) is 48.5 Å². The van der Waals surface area contributed by atoms with Crippen LogP contribution in [0.25, 0.3) is 0 Å². The third-order valence-corrected chi connectivity index (χ3v) is 5.98. The molecule has 0 bridgehead atoms. The highest BCUT2D eigenvalue weighted by molar-refractivity contribution is 5.79. The van der Waals surface area contributed by atoms with Gasteiger partial charge in [0, 0.05) is 19.4 Å². The highest BCUT2D eigenvalue weighted by Gasteiger charge is 2.34. The van der Waals surface area contributed by atoms with E-state index in [9.17, 15) is 4.79 Å². The monoisotopic (exact) mass is 521 g/mol. The quantitative estimate of drug-likeness (QED) is 0.206. The molecule has 2 aromatic carbocycles. The molecule has 7 heteroatoms. The van der Waals surface area contributed by atoms with Crippen LogP contribution in [-0.4, -0.2) is 45.1 Å². The minimum Gasteiger partial charge on any atom is -0.476 e. The van der Waals surface area contributed by atoms with Crippen molar-refractivity contribution in [2.45, 2.75) is 91.9 Å². The molecule has 7 nitrogen and oxygen atoms in total. The Labute approximate surface area is 227 Å². The lowest BCUT2D eigenvalue weighted by atomic mass is 10.1. The molecule has 0 radical (unpaired) electrons. The summed E-state index contributed by atoms with van der Waals surface area (Å²) in [6.45, 7) is 15.1. The number of nitrogens with zero attached hydrogens (tertiary/aromatic N) is 3. The van der Waals surface area contributed by atoms with Gasteiger partial charge in [-0.2, -0.15) is 5.10 Å². The largest absolute Gasteiger partial charge is 0.476 e. The number of benzene rings is 2. The Bertz CT molecular complexity index is 1160. The molecule has 0 saturated heterocycles. The molecule has 0 fully saturated rings. The Morgan fingerprint density at radius 1 is 0.921 bits per heavy atom. The summed E-state index contributed by atoms with van der Waals surface area (Å²) in [5, 5.41) is 4.78. The summed E-state index contributed by atoms with van der Waals surface area (Å²) in [4.78, 5) is 17.4. The molecule has 0 aliphatic heterocycles. The van der Waals surface area contributed by atoms with Gasteiger partial charge in [0.15, 0.2) is 11.4 Å². The van der Waals surface area contributed by atoms with Gasteiger partial charge in [-0.15, -0.1) is 0 Å². The normalized spacial score (nSPS) is 12.0. The molecule has 0 spiro atoms. The van der Waals surface area contributed by atoms with Crippen LogP contribution in [0.4, 0.5) is 0 Å². The van der Waals surface area contributed by atoms with Gasteiger partial charge in [0.25, 0.3) is 0 Å². The molecule has 0 saturated carbocycles. The lowest BCUT2D eigenvalue weighted by Gasteiger charge is -2.29. The zero-order valence-corrected chi connectivity index (χ0v) is 24.0. The van der Waals surface area contributed by atoms with Gasteiger partial charge in [-0.25, -0.2) is 14.5 Å². The Morgan fingerprint density at radius 2 is 1.58 bits per heavy atom. The maximum Gasteiger partial charge on any atom is 0.350 e. The van der Waals surface area contributed by atoms with Crippen LogP contribution in [0.3, 0.4) is 0 Å². The fraction of sp³-hybridized carbons (Fsp3) is 0.516. The van der Waals surface area contributed by atoms with Crippen LogP contribution in [0, 0.1) is 6.92 Å². The Kier molecular flexibility index (Phi) is 10.1. The number of carbonyl (C=O) groups is 1. The number of hydrogen-bond acceptors (Lipinski definition) is 6. The first-order valence-electron chi connectivity index (χ1n) is 13.5. The summed E-state index contributed by atoms with van der Waals surface area (Å²) in [5.74, 6) is 2.09. The van der Waals surface area contributed by atoms with Crippen LogP contribution in [0.2, 0.25) is 0 Å². The van der Waals surface area contributed by atoms with Crippen molar-refractivity contribution in [3.8, 4) is 5.75 Å². The lowest BCUT2D eigenvalue weighted by Crippen LogP contribution is -2.43. The third kappa shape index (κ3) is 9.28. The molecular weight excluding hydrogens is 478 g/mol. The maximum atomic E-state index is 12.5. The lowest BCUT2D eigenvalue weighted by molar-refractivity contribution is -0.170. The molecular formula is C31H43N3O4. The van der Waals surface area contributed by atoms with E-state index >= 15 is 0 Å². The van der Waals surface area contributed by atoms with E-state index < -0.39 is 11.2 Å².